The molecular weight excluding hydrogens is 265 g/mol. The highest BCUT2D eigenvalue weighted by atomic mass is 19.1. The summed E-state index contributed by atoms with van der Waals surface area (Å²) < 4.78 is 14.7. The molecule has 2 rings (SSSR count). The molecule has 0 aliphatic heterocycles. The van der Waals surface area contributed by atoms with Gasteiger partial charge in [0, 0.05) is 5.56 Å². The highest BCUT2D eigenvalue weighted by Gasteiger charge is 2.23. The second-order valence-electron chi connectivity index (χ2n) is 6.19. The number of hydrogen-bond acceptors (Lipinski definition) is 1. The molecule has 1 N–H and O–H groups in total. The number of halogens is 1. The molecule has 0 heterocycles. The van der Waals surface area contributed by atoms with Crippen molar-refractivity contribution >= 4 is 11.6 Å². The summed E-state index contributed by atoms with van der Waals surface area (Å²) in [6.07, 6.45) is 0. The van der Waals surface area contributed by atoms with Gasteiger partial charge in [-0.3, -0.25) is 4.79 Å². The highest BCUT2D eigenvalue weighted by molar-refractivity contribution is 6.04. The van der Waals surface area contributed by atoms with Gasteiger partial charge in [0.1, 0.15) is 0 Å². The molecule has 0 aromatic heterocycles. The fourth-order valence-corrected chi connectivity index (χ4v) is 2.47. The van der Waals surface area contributed by atoms with Crippen LogP contribution in [0.25, 0.3) is 0 Å². The molecule has 0 spiro atoms. The largest absolute Gasteiger partial charge is 0.319 e. The lowest BCUT2D eigenvalue weighted by molar-refractivity contribution is 0.102. The van der Waals surface area contributed by atoms with E-state index in [1.165, 1.54) is 0 Å². The molecular formula is C18H20FNO. The number of carbonyl (C=O) groups excluding carboxylic acids is 1. The van der Waals surface area contributed by atoms with Crippen molar-refractivity contribution in [3.05, 3.63) is 65.0 Å². The van der Waals surface area contributed by atoms with Crippen LogP contribution in [-0.4, -0.2) is 5.91 Å². The van der Waals surface area contributed by atoms with Gasteiger partial charge in [-0.15, -0.1) is 0 Å². The minimum absolute atomic E-state index is 0.222. The van der Waals surface area contributed by atoms with Gasteiger partial charge in [-0.05, 0) is 41.7 Å². The van der Waals surface area contributed by atoms with Gasteiger partial charge in [0.15, 0.2) is 5.82 Å². The summed E-state index contributed by atoms with van der Waals surface area (Å²) in [4.78, 5) is 12.1. The van der Waals surface area contributed by atoms with Gasteiger partial charge < -0.3 is 5.32 Å². The SMILES string of the molecule is Cc1ccc(NC(=O)c2ccccc2)c(F)c1C(C)(C)C. The molecule has 110 valence electrons. The van der Waals surface area contributed by atoms with Crippen molar-refractivity contribution in [2.75, 3.05) is 5.32 Å². The second kappa shape index (κ2) is 5.68. The molecule has 0 radical (unpaired) electrons. The van der Waals surface area contributed by atoms with Crippen molar-refractivity contribution < 1.29 is 9.18 Å². The lowest BCUT2D eigenvalue weighted by Gasteiger charge is -2.24. The van der Waals surface area contributed by atoms with Crippen LogP contribution >= 0.6 is 0 Å². The van der Waals surface area contributed by atoms with Gasteiger partial charge in [-0.25, -0.2) is 4.39 Å². The van der Waals surface area contributed by atoms with Crippen LogP contribution in [0.5, 0.6) is 0 Å². The number of anilines is 1. The Labute approximate surface area is 125 Å². The van der Waals surface area contributed by atoms with Crippen LogP contribution in [0, 0.1) is 12.7 Å². The molecule has 1 amide bonds. The zero-order valence-corrected chi connectivity index (χ0v) is 12.8. The monoisotopic (exact) mass is 285 g/mol. The van der Waals surface area contributed by atoms with Gasteiger partial charge in [-0.2, -0.15) is 0 Å². The molecule has 0 bridgehead atoms. The summed E-state index contributed by atoms with van der Waals surface area (Å²) in [6.45, 7) is 7.76. The quantitative estimate of drug-likeness (QED) is 0.852. The normalized spacial score (nSPS) is 11.3. The van der Waals surface area contributed by atoms with Gasteiger partial charge in [0.05, 0.1) is 5.69 Å². The third-order valence-corrected chi connectivity index (χ3v) is 3.38. The van der Waals surface area contributed by atoms with Crippen LogP contribution in [0.2, 0.25) is 0 Å². The maximum absolute atomic E-state index is 14.7. The van der Waals surface area contributed by atoms with E-state index in [1.54, 1.807) is 30.3 Å². The lowest BCUT2D eigenvalue weighted by atomic mass is 9.83. The fourth-order valence-electron chi connectivity index (χ4n) is 2.47. The first-order chi connectivity index (χ1) is 9.80. The van der Waals surface area contributed by atoms with E-state index in [0.717, 1.165) is 5.56 Å². The van der Waals surface area contributed by atoms with Crippen molar-refractivity contribution in [1.82, 2.24) is 0 Å². The van der Waals surface area contributed by atoms with Crippen molar-refractivity contribution in [2.24, 2.45) is 0 Å². The topological polar surface area (TPSA) is 29.1 Å². The van der Waals surface area contributed by atoms with E-state index in [4.69, 9.17) is 0 Å². The average molecular weight is 285 g/mol. The van der Waals surface area contributed by atoms with E-state index in [9.17, 15) is 9.18 Å². The molecule has 2 aromatic carbocycles. The van der Waals surface area contributed by atoms with E-state index in [0.29, 0.717) is 11.1 Å². The summed E-state index contributed by atoms with van der Waals surface area (Å²) in [6, 6.07) is 12.2. The smallest absolute Gasteiger partial charge is 0.255 e. The Kier molecular flexibility index (Phi) is 4.12. The number of benzene rings is 2. The molecule has 2 aromatic rings. The summed E-state index contributed by atoms with van der Waals surface area (Å²) in [7, 11) is 0. The van der Waals surface area contributed by atoms with Crippen molar-refractivity contribution in [3.8, 4) is 0 Å². The number of carbonyl (C=O) groups is 1. The molecule has 0 atom stereocenters. The molecule has 0 saturated carbocycles. The lowest BCUT2D eigenvalue weighted by Crippen LogP contribution is -2.19. The molecule has 0 aliphatic carbocycles. The van der Waals surface area contributed by atoms with E-state index in [-0.39, 0.29) is 22.8 Å². The van der Waals surface area contributed by atoms with Crippen LogP contribution in [-0.2, 0) is 5.41 Å². The molecule has 0 saturated heterocycles. The van der Waals surface area contributed by atoms with E-state index in [1.807, 2.05) is 39.8 Å². The van der Waals surface area contributed by atoms with Gasteiger partial charge in [0.25, 0.3) is 5.91 Å². The van der Waals surface area contributed by atoms with E-state index < -0.39 is 0 Å². The van der Waals surface area contributed by atoms with Gasteiger partial charge in [0.2, 0.25) is 0 Å². The first-order valence-electron chi connectivity index (χ1n) is 6.96. The van der Waals surface area contributed by atoms with Gasteiger partial charge >= 0.3 is 0 Å². The van der Waals surface area contributed by atoms with Crippen LogP contribution in [0.3, 0.4) is 0 Å². The summed E-state index contributed by atoms with van der Waals surface area (Å²) in [5.41, 5.74) is 1.93. The van der Waals surface area contributed by atoms with Crippen LogP contribution in [0.15, 0.2) is 42.5 Å². The third-order valence-electron chi connectivity index (χ3n) is 3.38. The number of amides is 1. The number of hydrogen-bond donors (Lipinski definition) is 1. The zero-order chi connectivity index (χ0) is 15.6. The van der Waals surface area contributed by atoms with Crippen LogP contribution < -0.4 is 5.32 Å². The molecule has 3 heteroatoms. The Morgan fingerprint density at radius 2 is 1.67 bits per heavy atom. The van der Waals surface area contributed by atoms with E-state index in [2.05, 4.69) is 5.32 Å². The molecule has 21 heavy (non-hydrogen) atoms. The highest BCUT2D eigenvalue weighted by Crippen LogP contribution is 2.32. The molecule has 0 aliphatic rings. The van der Waals surface area contributed by atoms with Crippen molar-refractivity contribution in [2.45, 2.75) is 33.1 Å². The zero-order valence-electron chi connectivity index (χ0n) is 12.8. The molecule has 0 fully saturated rings. The molecule has 2 nitrogen and oxygen atoms in total. The van der Waals surface area contributed by atoms with Crippen LogP contribution in [0.4, 0.5) is 10.1 Å². The summed E-state index contributed by atoms with van der Waals surface area (Å²) in [5.74, 6) is -0.662. The van der Waals surface area contributed by atoms with Crippen molar-refractivity contribution in [3.63, 3.8) is 0 Å². The number of aryl methyl sites for hydroxylation is 1. The van der Waals surface area contributed by atoms with Crippen LogP contribution in [0.1, 0.15) is 42.3 Å². The number of rotatable bonds is 2. The maximum Gasteiger partial charge on any atom is 0.255 e. The predicted molar refractivity (Wildman–Crippen MR) is 84.2 cm³/mol. The third kappa shape index (κ3) is 3.30. The predicted octanol–water partition coefficient (Wildman–Crippen LogP) is 4.68. The first-order valence-corrected chi connectivity index (χ1v) is 6.96. The first kappa shape index (κ1) is 15.2. The maximum atomic E-state index is 14.7. The fraction of sp³-hybridized carbons (Fsp3) is 0.278. The molecule has 0 unspecified atom stereocenters. The number of nitrogens with one attached hydrogen (secondary N) is 1. The summed E-state index contributed by atoms with van der Waals surface area (Å²) in [5, 5.41) is 2.65. The Morgan fingerprint density at radius 3 is 2.24 bits per heavy atom. The minimum Gasteiger partial charge on any atom is -0.319 e. The summed E-state index contributed by atoms with van der Waals surface area (Å²) >= 11 is 0. The van der Waals surface area contributed by atoms with Gasteiger partial charge in [-0.1, -0.05) is 45.0 Å². The van der Waals surface area contributed by atoms with Crippen molar-refractivity contribution in [1.29, 1.82) is 0 Å². The Bertz CT molecular complexity index is 657. The second-order valence-corrected chi connectivity index (χ2v) is 6.19. The average Bonchev–Trinajstić information content (AvgIpc) is 2.41. The minimum atomic E-state index is -0.355. The Hall–Kier alpha value is -2.16. The Balaban J connectivity index is 2.36. The Morgan fingerprint density at radius 1 is 1.05 bits per heavy atom. The standard InChI is InChI=1S/C18H20FNO/c1-12-10-11-14(16(19)15(12)18(2,3)4)20-17(21)13-8-6-5-7-9-13/h5-11H,1-4H3,(H,20,21). The van der Waals surface area contributed by atoms with E-state index >= 15 is 0 Å².